The maximum atomic E-state index is 17.0. The highest BCUT2D eigenvalue weighted by Crippen LogP contribution is 2.39. The molecule has 35 heavy (non-hydrogen) atoms. The first-order valence-corrected chi connectivity index (χ1v) is 12.1. The number of aliphatic carboxylic acids is 1. The molecule has 1 aliphatic carbocycles. The van der Waals surface area contributed by atoms with Crippen LogP contribution in [0.4, 0.5) is 4.39 Å². The van der Waals surface area contributed by atoms with E-state index in [1.54, 1.807) is 42.7 Å². The average molecular weight is 482 g/mol. The molecule has 2 atom stereocenters. The van der Waals surface area contributed by atoms with Gasteiger partial charge in [-0.15, -0.1) is 0 Å². The van der Waals surface area contributed by atoms with Gasteiger partial charge in [0.1, 0.15) is 5.52 Å². The number of hydrogen-bond acceptors (Lipinski definition) is 7. The Labute approximate surface area is 202 Å². The smallest absolute Gasteiger partial charge is 0.330 e. The number of alkyl halides is 1. The van der Waals surface area contributed by atoms with E-state index in [0.29, 0.717) is 61.0 Å². The number of carbonyl (C=O) groups excluding carboxylic acids is 1. The lowest BCUT2D eigenvalue weighted by molar-refractivity contribution is -0.253. The molecule has 3 aromatic rings. The topological polar surface area (TPSA) is 106 Å². The molecule has 2 unspecified atom stereocenters. The molecular formula is C26H28FN3O5. The van der Waals surface area contributed by atoms with Crippen molar-refractivity contribution >= 4 is 22.9 Å². The van der Waals surface area contributed by atoms with Gasteiger partial charge in [0, 0.05) is 25.5 Å². The van der Waals surface area contributed by atoms with E-state index >= 15 is 4.39 Å². The predicted molar refractivity (Wildman–Crippen MR) is 124 cm³/mol. The van der Waals surface area contributed by atoms with Crippen molar-refractivity contribution in [2.24, 2.45) is 5.92 Å². The first kappa shape index (κ1) is 23.6. The van der Waals surface area contributed by atoms with Crippen LogP contribution < -0.4 is 0 Å². The number of carboxylic acids is 1. The fourth-order valence-electron chi connectivity index (χ4n) is 5.21. The number of aromatic nitrogens is 2. The maximum absolute atomic E-state index is 17.0. The first-order valence-electron chi connectivity index (χ1n) is 12.1. The van der Waals surface area contributed by atoms with Crippen LogP contribution in [0.2, 0.25) is 0 Å². The summed E-state index contributed by atoms with van der Waals surface area (Å²) in [6.07, 6.45) is 7.10. The zero-order valence-electron chi connectivity index (χ0n) is 19.3. The average Bonchev–Trinajstić information content (AvgIpc) is 3.57. The van der Waals surface area contributed by atoms with E-state index in [-0.39, 0.29) is 0 Å². The summed E-state index contributed by atoms with van der Waals surface area (Å²) in [6.45, 7) is 0.821. The van der Waals surface area contributed by atoms with Crippen molar-refractivity contribution in [1.29, 1.82) is 0 Å². The molecule has 0 radical (unpaired) electrons. The summed E-state index contributed by atoms with van der Waals surface area (Å²) in [5.74, 6) is -5.63. The minimum absolute atomic E-state index is 0.394. The number of hydrogen-bond donors (Lipinski definition) is 1. The number of carboxylic acid groups (broad SMARTS) is 1. The molecule has 5 rings (SSSR count). The number of ketones is 1. The molecule has 3 heterocycles. The predicted octanol–water partition coefficient (Wildman–Crippen LogP) is 4.30. The van der Waals surface area contributed by atoms with Crippen molar-refractivity contribution < 1.29 is 28.2 Å². The number of halogens is 1. The second-order valence-corrected chi connectivity index (χ2v) is 9.35. The van der Waals surface area contributed by atoms with Crippen LogP contribution in [0.25, 0.3) is 11.1 Å². The number of likely N-dealkylation sites (tertiary alicyclic amines) is 1. The Morgan fingerprint density at radius 1 is 1.14 bits per heavy atom. The number of Topliss-reactive ketones (excluding diaryl/α,β-unsaturated/α-hetero) is 1. The molecule has 0 spiro atoms. The van der Waals surface area contributed by atoms with Gasteiger partial charge in [-0.1, -0.05) is 12.1 Å². The quantitative estimate of drug-likeness (QED) is 0.475. The molecule has 1 N–H and O–H groups in total. The number of oxazole rings is 1. The SMILES string of the molecule is O=C(O)C1CCC(OC(F)(C(=O)C(c2cccnc2)c2ccc3ncoc3c2)N2CCCC2)CC1. The summed E-state index contributed by atoms with van der Waals surface area (Å²) in [5.41, 5.74) is 2.26. The van der Waals surface area contributed by atoms with Gasteiger partial charge in [0.15, 0.2) is 12.0 Å². The van der Waals surface area contributed by atoms with E-state index in [4.69, 9.17) is 9.15 Å². The van der Waals surface area contributed by atoms with Crippen LogP contribution in [-0.4, -0.2) is 56.9 Å². The number of ether oxygens (including phenoxy) is 1. The molecular weight excluding hydrogens is 453 g/mol. The second-order valence-electron chi connectivity index (χ2n) is 9.35. The van der Waals surface area contributed by atoms with E-state index in [9.17, 15) is 14.7 Å². The Hall–Kier alpha value is -3.17. The molecule has 9 heteroatoms. The molecule has 1 saturated heterocycles. The van der Waals surface area contributed by atoms with Crippen LogP contribution in [-0.2, 0) is 14.3 Å². The Bertz CT molecular complexity index is 1190. The van der Waals surface area contributed by atoms with E-state index in [1.807, 2.05) is 0 Å². The molecule has 184 valence electrons. The molecule has 8 nitrogen and oxygen atoms in total. The Morgan fingerprint density at radius 3 is 2.60 bits per heavy atom. The number of carbonyl (C=O) groups is 2. The number of benzene rings is 1. The van der Waals surface area contributed by atoms with Crippen molar-refractivity contribution in [2.45, 2.75) is 56.5 Å². The summed E-state index contributed by atoms with van der Waals surface area (Å²) in [5, 5.41) is 9.31. The molecule has 2 aliphatic rings. The standard InChI is InChI=1S/C26H28FN3O5/c27-26(30-12-1-2-13-30,35-20-8-5-17(6-9-20)25(32)33)24(31)23(19-4-3-11-28-15-19)18-7-10-21-22(14-18)34-16-29-21/h3-4,7,10-11,14-17,20,23H,1-2,5-6,8-9,12-13H2,(H,32,33). The first-order chi connectivity index (χ1) is 17.0. The molecule has 2 aromatic heterocycles. The van der Waals surface area contributed by atoms with Crippen molar-refractivity contribution in [3.05, 3.63) is 60.2 Å². The highest BCUT2D eigenvalue weighted by atomic mass is 19.2. The number of rotatable bonds is 8. The van der Waals surface area contributed by atoms with Gasteiger partial charge >= 0.3 is 11.9 Å². The minimum atomic E-state index is -2.64. The molecule has 2 fully saturated rings. The normalized spacial score (nSPS) is 23.7. The van der Waals surface area contributed by atoms with Gasteiger partial charge in [-0.2, -0.15) is 4.39 Å². The van der Waals surface area contributed by atoms with Crippen molar-refractivity contribution in [1.82, 2.24) is 14.9 Å². The maximum Gasteiger partial charge on any atom is 0.330 e. The molecule has 1 aliphatic heterocycles. The van der Waals surface area contributed by atoms with Crippen LogP contribution in [0, 0.1) is 5.92 Å². The van der Waals surface area contributed by atoms with Gasteiger partial charge in [0.2, 0.25) is 5.78 Å². The van der Waals surface area contributed by atoms with Crippen LogP contribution in [0.1, 0.15) is 55.6 Å². The lowest BCUT2D eigenvalue weighted by Crippen LogP contribution is -2.56. The van der Waals surface area contributed by atoms with Gasteiger partial charge < -0.3 is 14.3 Å². The van der Waals surface area contributed by atoms with Crippen molar-refractivity contribution in [3.63, 3.8) is 0 Å². The van der Waals surface area contributed by atoms with Gasteiger partial charge in [0.05, 0.1) is 17.9 Å². The minimum Gasteiger partial charge on any atom is -0.481 e. The molecule has 0 bridgehead atoms. The number of pyridine rings is 1. The fraction of sp³-hybridized carbons (Fsp3) is 0.462. The third kappa shape index (κ3) is 4.70. The lowest BCUT2D eigenvalue weighted by atomic mass is 9.85. The van der Waals surface area contributed by atoms with Crippen LogP contribution in [0.5, 0.6) is 0 Å². The van der Waals surface area contributed by atoms with E-state index in [1.165, 1.54) is 11.3 Å². The van der Waals surface area contributed by atoms with Crippen molar-refractivity contribution in [2.75, 3.05) is 13.1 Å². The van der Waals surface area contributed by atoms with E-state index in [0.717, 1.165) is 12.8 Å². The largest absolute Gasteiger partial charge is 0.481 e. The van der Waals surface area contributed by atoms with Crippen LogP contribution in [0.3, 0.4) is 0 Å². The Kier molecular flexibility index (Phi) is 6.62. The van der Waals surface area contributed by atoms with E-state index < -0.39 is 35.7 Å². The number of nitrogens with zero attached hydrogens (tertiary/aromatic N) is 3. The molecule has 1 saturated carbocycles. The van der Waals surface area contributed by atoms with Crippen LogP contribution >= 0.6 is 0 Å². The molecule has 1 aromatic carbocycles. The third-order valence-electron chi connectivity index (χ3n) is 7.13. The Morgan fingerprint density at radius 2 is 1.91 bits per heavy atom. The summed E-state index contributed by atoms with van der Waals surface area (Å²) in [4.78, 5) is 35.3. The lowest BCUT2D eigenvalue weighted by Gasteiger charge is -2.39. The summed E-state index contributed by atoms with van der Waals surface area (Å²) in [6, 6.07) is 8.67. The monoisotopic (exact) mass is 481 g/mol. The fourth-order valence-corrected chi connectivity index (χ4v) is 5.21. The zero-order chi connectivity index (χ0) is 24.4. The number of fused-ring (bicyclic) bond motifs is 1. The van der Waals surface area contributed by atoms with Gasteiger partial charge in [0.25, 0.3) is 0 Å². The van der Waals surface area contributed by atoms with Gasteiger partial charge in [-0.25, -0.2) is 9.88 Å². The zero-order valence-corrected chi connectivity index (χ0v) is 19.3. The summed E-state index contributed by atoms with van der Waals surface area (Å²) in [7, 11) is 0. The van der Waals surface area contributed by atoms with Gasteiger partial charge in [-0.3, -0.25) is 14.6 Å². The van der Waals surface area contributed by atoms with E-state index in [2.05, 4.69) is 9.97 Å². The van der Waals surface area contributed by atoms with Crippen LogP contribution in [0.15, 0.2) is 53.5 Å². The van der Waals surface area contributed by atoms with Crippen molar-refractivity contribution in [3.8, 4) is 0 Å². The third-order valence-corrected chi connectivity index (χ3v) is 7.13. The second kappa shape index (κ2) is 9.83. The highest BCUT2D eigenvalue weighted by molar-refractivity contribution is 5.95. The Balaban J connectivity index is 1.50. The summed E-state index contributed by atoms with van der Waals surface area (Å²) >= 11 is 0. The summed E-state index contributed by atoms with van der Waals surface area (Å²) < 4.78 is 28.4. The highest BCUT2D eigenvalue weighted by Gasteiger charge is 2.52. The van der Waals surface area contributed by atoms with Gasteiger partial charge in [-0.05, 0) is 67.9 Å². The molecule has 0 amide bonds.